The van der Waals surface area contributed by atoms with Gasteiger partial charge in [-0.2, -0.15) is 0 Å². The molecule has 0 bridgehead atoms. The largest absolute Gasteiger partial charge is 0.356 e. The Hall–Kier alpha value is -1.65. The predicted molar refractivity (Wildman–Crippen MR) is 61.3 cm³/mol. The van der Waals surface area contributed by atoms with Crippen LogP contribution in [0.15, 0.2) is 40.9 Å². The van der Waals surface area contributed by atoms with Gasteiger partial charge in [-0.1, -0.05) is 35.5 Å². The highest BCUT2D eigenvalue weighted by atomic mass is 16.7. The van der Waals surface area contributed by atoms with Crippen LogP contribution in [0.3, 0.4) is 0 Å². The zero-order chi connectivity index (χ0) is 11.5. The second-order valence-corrected chi connectivity index (χ2v) is 3.92. The van der Waals surface area contributed by atoms with Gasteiger partial charge in [0.2, 0.25) is 0 Å². The van der Waals surface area contributed by atoms with E-state index in [1.54, 1.807) is 0 Å². The monoisotopic (exact) mass is 231 g/mol. The fraction of sp³-hybridized carbons (Fsp3) is 0.308. The maximum absolute atomic E-state index is 5.37. The van der Waals surface area contributed by atoms with Crippen molar-refractivity contribution in [2.45, 2.75) is 12.7 Å². The zero-order valence-corrected chi connectivity index (χ0v) is 9.33. The van der Waals surface area contributed by atoms with Gasteiger partial charge in [0.05, 0.1) is 18.9 Å². The SMILES string of the molecule is c1ccc(-c2cc(CC3OCCO3)no2)cc1. The van der Waals surface area contributed by atoms with Crippen LogP contribution in [0.1, 0.15) is 5.69 Å². The van der Waals surface area contributed by atoms with Crippen molar-refractivity contribution >= 4 is 0 Å². The number of rotatable bonds is 3. The molecule has 0 aliphatic carbocycles. The summed E-state index contributed by atoms with van der Waals surface area (Å²) in [7, 11) is 0. The highest BCUT2D eigenvalue weighted by Crippen LogP contribution is 2.21. The lowest BCUT2D eigenvalue weighted by molar-refractivity contribution is -0.0409. The van der Waals surface area contributed by atoms with Gasteiger partial charge < -0.3 is 14.0 Å². The molecule has 1 aromatic carbocycles. The lowest BCUT2D eigenvalue weighted by Crippen LogP contribution is -2.11. The Labute approximate surface area is 99.1 Å². The van der Waals surface area contributed by atoms with Crippen molar-refractivity contribution in [3.05, 3.63) is 42.1 Å². The van der Waals surface area contributed by atoms with Gasteiger partial charge in [-0.05, 0) is 0 Å². The molecule has 2 aromatic rings. The number of nitrogens with zero attached hydrogens (tertiary/aromatic N) is 1. The van der Waals surface area contributed by atoms with Gasteiger partial charge in [-0.3, -0.25) is 0 Å². The van der Waals surface area contributed by atoms with Gasteiger partial charge in [0.25, 0.3) is 0 Å². The van der Waals surface area contributed by atoms with Crippen molar-refractivity contribution in [1.82, 2.24) is 5.16 Å². The molecule has 2 heterocycles. The van der Waals surface area contributed by atoms with E-state index in [1.165, 1.54) is 0 Å². The normalized spacial score (nSPS) is 16.5. The quantitative estimate of drug-likeness (QED) is 0.812. The molecule has 1 aromatic heterocycles. The third-order valence-electron chi connectivity index (χ3n) is 2.68. The molecule has 1 fully saturated rings. The summed E-state index contributed by atoms with van der Waals surface area (Å²) in [5.41, 5.74) is 1.88. The molecule has 1 aliphatic heterocycles. The Bertz CT molecular complexity index is 474. The molecule has 0 N–H and O–H groups in total. The minimum Gasteiger partial charge on any atom is -0.356 e. The third kappa shape index (κ3) is 2.38. The van der Waals surface area contributed by atoms with Crippen LogP contribution in [-0.4, -0.2) is 24.7 Å². The lowest BCUT2D eigenvalue weighted by Gasteiger charge is -2.04. The van der Waals surface area contributed by atoms with Gasteiger partial charge in [0.1, 0.15) is 0 Å². The van der Waals surface area contributed by atoms with Crippen LogP contribution < -0.4 is 0 Å². The van der Waals surface area contributed by atoms with Gasteiger partial charge in [0, 0.05) is 18.1 Å². The minimum atomic E-state index is -0.177. The molecule has 0 amide bonds. The van der Waals surface area contributed by atoms with E-state index < -0.39 is 0 Å². The summed E-state index contributed by atoms with van der Waals surface area (Å²) in [6.45, 7) is 1.32. The Kier molecular flexibility index (Phi) is 2.90. The van der Waals surface area contributed by atoms with Crippen LogP contribution in [0.4, 0.5) is 0 Å². The summed E-state index contributed by atoms with van der Waals surface area (Å²) >= 11 is 0. The van der Waals surface area contributed by atoms with E-state index >= 15 is 0 Å². The average molecular weight is 231 g/mol. The fourth-order valence-electron chi connectivity index (χ4n) is 1.84. The van der Waals surface area contributed by atoms with Gasteiger partial charge in [-0.25, -0.2) is 0 Å². The van der Waals surface area contributed by atoms with E-state index in [0.29, 0.717) is 19.6 Å². The maximum atomic E-state index is 5.37. The van der Waals surface area contributed by atoms with Crippen LogP contribution in [0.5, 0.6) is 0 Å². The smallest absolute Gasteiger partial charge is 0.167 e. The Balaban J connectivity index is 1.74. The summed E-state index contributed by atoms with van der Waals surface area (Å²) in [5, 5.41) is 4.02. The zero-order valence-electron chi connectivity index (χ0n) is 9.33. The highest BCUT2D eigenvalue weighted by Gasteiger charge is 2.18. The summed E-state index contributed by atoms with van der Waals surface area (Å²) in [4.78, 5) is 0. The van der Waals surface area contributed by atoms with Gasteiger partial charge in [-0.15, -0.1) is 0 Å². The van der Waals surface area contributed by atoms with E-state index in [1.807, 2.05) is 36.4 Å². The van der Waals surface area contributed by atoms with Crippen LogP contribution in [0.25, 0.3) is 11.3 Å². The molecule has 3 rings (SSSR count). The van der Waals surface area contributed by atoms with Crippen LogP contribution in [0, 0.1) is 0 Å². The van der Waals surface area contributed by atoms with Gasteiger partial charge in [0.15, 0.2) is 12.1 Å². The summed E-state index contributed by atoms with van der Waals surface area (Å²) < 4.78 is 16.0. The van der Waals surface area contributed by atoms with E-state index in [4.69, 9.17) is 14.0 Å². The standard InChI is InChI=1S/C13H13NO3/c1-2-4-10(5-3-1)12-8-11(14-17-12)9-13-15-6-7-16-13/h1-5,8,13H,6-7,9H2. The molecule has 0 atom stereocenters. The number of hydrogen-bond acceptors (Lipinski definition) is 4. The molecule has 0 radical (unpaired) electrons. The van der Waals surface area contributed by atoms with E-state index in [0.717, 1.165) is 17.0 Å². The van der Waals surface area contributed by atoms with Crippen molar-refractivity contribution < 1.29 is 14.0 Å². The summed E-state index contributed by atoms with van der Waals surface area (Å²) in [6.07, 6.45) is 0.458. The molecular formula is C13H13NO3. The van der Waals surface area contributed by atoms with Crippen molar-refractivity contribution in [2.75, 3.05) is 13.2 Å². The first-order valence-corrected chi connectivity index (χ1v) is 5.66. The van der Waals surface area contributed by atoms with Crippen LogP contribution in [0.2, 0.25) is 0 Å². The van der Waals surface area contributed by atoms with Crippen LogP contribution >= 0.6 is 0 Å². The number of benzene rings is 1. The first-order valence-electron chi connectivity index (χ1n) is 5.66. The molecule has 0 spiro atoms. The molecule has 1 saturated heterocycles. The highest BCUT2D eigenvalue weighted by molar-refractivity contribution is 5.56. The molecular weight excluding hydrogens is 218 g/mol. The molecule has 0 saturated carbocycles. The number of hydrogen-bond donors (Lipinski definition) is 0. The van der Waals surface area contributed by atoms with E-state index in [2.05, 4.69) is 5.16 Å². The lowest BCUT2D eigenvalue weighted by atomic mass is 10.1. The molecule has 4 nitrogen and oxygen atoms in total. The fourth-order valence-corrected chi connectivity index (χ4v) is 1.84. The average Bonchev–Trinajstić information content (AvgIpc) is 3.02. The molecule has 4 heteroatoms. The van der Waals surface area contributed by atoms with E-state index in [9.17, 15) is 0 Å². The number of ether oxygens (including phenoxy) is 2. The Morgan fingerprint density at radius 2 is 1.88 bits per heavy atom. The molecule has 17 heavy (non-hydrogen) atoms. The predicted octanol–water partition coefficient (Wildman–Crippen LogP) is 2.26. The Morgan fingerprint density at radius 3 is 2.65 bits per heavy atom. The van der Waals surface area contributed by atoms with Gasteiger partial charge >= 0.3 is 0 Å². The van der Waals surface area contributed by atoms with Crippen molar-refractivity contribution in [2.24, 2.45) is 0 Å². The molecule has 0 unspecified atom stereocenters. The first-order chi connectivity index (χ1) is 8.42. The van der Waals surface area contributed by atoms with Crippen molar-refractivity contribution in [1.29, 1.82) is 0 Å². The van der Waals surface area contributed by atoms with Crippen molar-refractivity contribution in [3.63, 3.8) is 0 Å². The summed E-state index contributed by atoms with van der Waals surface area (Å²) in [6, 6.07) is 11.8. The topological polar surface area (TPSA) is 44.5 Å². The maximum Gasteiger partial charge on any atom is 0.167 e. The number of aromatic nitrogens is 1. The second-order valence-electron chi connectivity index (χ2n) is 3.92. The minimum absolute atomic E-state index is 0.177. The molecule has 1 aliphatic rings. The second kappa shape index (κ2) is 4.69. The third-order valence-corrected chi connectivity index (χ3v) is 2.68. The molecule has 88 valence electrons. The van der Waals surface area contributed by atoms with E-state index in [-0.39, 0.29) is 6.29 Å². The Morgan fingerprint density at radius 1 is 1.12 bits per heavy atom. The summed E-state index contributed by atoms with van der Waals surface area (Å²) in [5.74, 6) is 0.776. The van der Waals surface area contributed by atoms with Crippen molar-refractivity contribution in [3.8, 4) is 11.3 Å². The first kappa shape index (κ1) is 10.5. The van der Waals surface area contributed by atoms with Crippen LogP contribution in [-0.2, 0) is 15.9 Å².